The monoisotopic (exact) mass is 289 g/mol. The molecule has 2 unspecified atom stereocenters. The van der Waals surface area contributed by atoms with E-state index in [1.165, 1.54) is 0 Å². The van der Waals surface area contributed by atoms with Crippen molar-refractivity contribution in [3.63, 3.8) is 0 Å². The zero-order valence-electron chi connectivity index (χ0n) is 11.5. The van der Waals surface area contributed by atoms with E-state index in [0.29, 0.717) is 18.0 Å². The molecule has 2 rings (SSSR count). The Bertz CT molecular complexity index is 572. The Balaban J connectivity index is 2.18. The molecule has 2 aromatic carbocycles. The zero-order valence-corrected chi connectivity index (χ0v) is 12.3. The summed E-state index contributed by atoms with van der Waals surface area (Å²) in [5.74, 6) is 1.25. The lowest BCUT2D eigenvalue weighted by atomic mass is 10.0. The van der Waals surface area contributed by atoms with Gasteiger partial charge in [0.2, 0.25) is 0 Å². The molecule has 0 fully saturated rings. The molecule has 0 heterocycles. The van der Waals surface area contributed by atoms with E-state index >= 15 is 0 Å². The van der Waals surface area contributed by atoms with Gasteiger partial charge in [-0.2, -0.15) is 0 Å². The third-order valence-corrected chi connectivity index (χ3v) is 4.76. The van der Waals surface area contributed by atoms with Crippen LogP contribution in [0.15, 0.2) is 59.5 Å². The lowest BCUT2D eigenvalue weighted by Gasteiger charge is -2.16. The summed E-state index contributed by atoms with van der Waals surface area (Å²) in [5.41, 5.74) is 6.96. The van der Waals surface area contributed by atoms with E-state index in [9.17, 15) is 4.21 Å². The highest BCUT2D eigenvalue weighted by molar-refractivity contribution is 7.85. The molecule has 2 aromatic rings. The average molecular weight is 289 g/mol. The van der Waals surface area contributed by atoms with E-state index in [0.717, 1.165) is 10.5 Å². The van der Waals surface area contributed by atoms with Crippen molar-refractivity contribution in [1.29, 1.82) is 0 Å². The number of rotatable bonds is 6. The standard InChI is InChI=1S/C16H19NO2S/c1-19-15-9-5-6-10-16(15)20(18)12-14(11-17)13-7-3-2-4-8-13/h2-10,14H,11-12,17H2,1H3. The van der Waals surface area contributed by atoms with Crippen molar-refractivity contribution in [3.8, 4) is 5.75 Å². The summed E-state index contributed by atoms with van der Waals surface area (Å²) in [6.07, 6.45) is 0. The van der Waals surface area contributed by atoms with Gasteiger partial charge in [-0.1, -0.05) is 42.5 Å². The summed E-state index contributed by atoms with van der Waals surface area (Å²) in [6, 6.07) is 17.4. The Labute approximate surface area is 122 Å². The van der Waals surface area contributed by atoms with Gasteiger partial charge in [0.15, 0.2) is 0 Å². The van der Waals surface area contributed by atoms with Crippen LogP contribution in [0.1, 0.15) is 11.5 Å². The van der Waals surface area contributed by atoms with Gasteiger partial charge < -0.3 is 10.5 Å². The van der Waals surface area contributed by atoms with Crippen molar-refractivity contribution >= 4 is 10.8 Å². The Morgan fingerprint density at radius 2 is 1.75 bits per heavy atom. The van der Waals surface area contributed by atoms with Gasteiger partial charge in [-0.3, -0.25) is 4.21 Å². The summed E-state index contributed by atoms with van der Waals surface area (Å²) in [6.45, 7) is 0.477. The van der Waals surface area contributed by atoms with Gasteiger partial charge >= 0.3 is 0 Å². The predicted octanol–water partition coefficient (Wildman–Crippen LogP) is 2.55. The van der Waals surface area contributed by atoms with Crippen LogP contribution in [-0.2, 0) is 10.8 Å². The first-order valence-electron chi connectivity index (χ1n) is 6.52. The molecule has 0 amide bonds. The first-order chi connectivity index (χ1) is 9.76. The molecule has 0 aliphatic rings. The van der Waals surface area contributed by atoms with E-state index in [-0.39, 0.29) is 5.92 Å². The Morgan fingerprint density at radius 1 is 1.10 bits per heavy atom. The molecule has 3 nitrogen and oxygen atoms in total. The first-order valence-corrected chi connectivity index (χ1v) is 7.84. The summed E-state index contributed by atoms with van der Waals surface area (Å²) >= 11 is 0. The van der Waals surface area contributed by atoms with Crippen LogP contribution < -0.4 is 10.5 Å². The van der Waals surface area contributed by atoms with Crippen LogP contribution in [-0.4, -0.2) is 23.6 Å². The fraction of sp³-hybridized carbons (Fsp3) is 0.250. The second-order valence-electron chi connectivity index (χ2n) is 4.51. The van der Waals surface area contributed by atoms with Crippen LogP contribution in [0.2, 0.25) is 0 Å². The number of benzene rings is 2. The van der Waals surface area contributed by atoms with Crippen LogP contribution in [0.4, 0.5) is 0 Å². The smallest absolute Gasteiger partial charge is 0.134 e. The van der Waals surface area contributed by atoms with Gasteiger partial charge in [-0.15, -0.1) is 0 Å². The number of nitrogens with two attached hydrogens (primary N) is 1. The number of methoxy groups -OCH3 is 1. The molecular formula is C16H19NO2S. The highest BCUT2D eigenvalue weighted by Crippen LogP contribution is 2.25. The fourth-order valence-electron chi connectivity index (χ4n) is 2.10. The maximum atomic E-state index is 12.5. The Morgan fingerprint density at radius 3 is 2.40 bits per heavy atom. The topological polar surface area (TPSA) is 52.3 Å². The Hall–Kier alpha value is -1.65. The van der Waals surface area contributed by atoms with Gasteiger partial charge in [-0.05, 0) is 17.7 Å². The minimum atomic E-state index is -1.13. The van der Waals surface area contributed by atoms with Crippen molar-refractivity contribution in [3.05, 3.63) is 60.2 Å². The first kappa shape index (κ1) is 14.8. The maximum absolute atomic E-state index is 12.5. The van der Waals surface area contributed by atoms with Crippen LogP contribution >= 0.6 is 0 Å². The summed E-state index contributed by atoms with van der Waals surface area (Å²) in [4.78, 5) is 0.726. The van der Waals surface area contributed by atoms with Gasteiger partial charge in [0.1, 0.15) is 5.75 Å². The van der Waals surface area contributed by atoms with Crippen LogP contribution in [0.3, 0.4) is 0 Å². The quantitative estimate of drug-likeness (QED) is 0.889. The minimum absolute atomic E-state index is 0.0851. The van der Waals surface area contributed by atoms with Crippen LogP contribution in [0.25, 0.3) is 0 Å². The third-order valence-electron chi connectivity index (χ3n) is 3.22. The molecule has 0 aromatic heterocycles. The molecule has 20 heavy (non-hydrogen) atoms. The lowest BCUT2D eigenvalue weighted by molar-refractivity contribution is 0.404. The number of hydrogen-bond donors (Lipinski definition) is 1. The average Bonchev–Trinajstić information content (AvgIpc) is 2.53. The molecule has 0 aliphatic heterocycles. The van der Waals surface area contributed by atoms with Crippen molar-refractivity contribution in [2.45, 2.75) is 10.8 Å². The fourth-order valence-corrected chi connectivity index (χ4v) is 3.58. The molecule has 0 aliphatic carbocycles. The minimum Gasteiger partial charge on any atom is -0.495 e. The van der Waals surface area contributed by atoms with Crippen molar-refractivity contribution in [1.82, 2.24) is 0 Å². The van der Waals surface area contributed by atoms with E-state index in [2.05, 4.69) is 0 Å². The van der Waals surface area contributed by atoms with Gasteiger partial charge in [0.25, 0.3) is 0 Å². The van der Waals surface area contributed by atoms with Crippen LogP contribution in [0, 0.1) is 0 Å². The number of hydrogen-bond acceptors (Lipinski definition) is 3. The maximum Gasteiger partial charge on any atom is 0.134 e. The van der Waals surface area contributed by atoms with E-state index in [4.69, 9.17) is 10.5 Å². The number of para-hydroxylation sites is 1. The SMILES string of the molecule is COc1ccccc1S(=O)CC(CN)c1ccccc1. The molecule has 2 N–H and O–H groups in total. The second kappa shape index (κ2) is 7.22. The van der Waals surface area contributed by atoms with Gasteiger partial charge in [-0.25, -0.2) is 0 Å². The van der Waals surface area contributed by atoms with Crippen molar-refractivity contribution < 1.29 is 8.95 Å². The van der Waals surface area contributed by atoms with Gasteiger partial charge in [0, 0.05) is 18.2 Å². The van der Waals surface area contributed by atoms with Crippen molar-refractivity contribution in [2.24, 2.45) is 5.73 Å². The summed E-state index contributed by atoms with van der Waals surface area (Å²) < 4.78 is 17.8. The predicted molar refractivity (Wildman–Crippen MR) is 82.5 cm³/mol. The number of ether oxygens (including phenoxy) is 1. The summed E-state index contributed by atoms with van der Waals surface area (Å²) in [7, 11) is 0.461. The largest absolute Gasteiger partial charge is 0.495 e. The zero-order chi connectivity index (χ0) is 14.4. The molecule has 0 saturated carbocycles. The molecule has 0 radical (unpaired) electrons. The van der Waals surface area contributed by atoms with Crippen molar-refractivity contribution in [2.75, 3.05) is 19.4 Å². The highest BCUT2D eigenvalue weighted by atomic mass is 32.2. The molecule has 0 saturated heterocycles. The molecule has 0 bridgehead atoms. The van der Waals surface area contributed by atoms with Crippen LogP contribution in [0.5, 0.6) is 5.75 Å². The van der Waals surface area contributed by atoms with E-state index in [1.807, 2.05) is 54.6 Å². The molecule has 2 atom stereocenters. The Kier molecular flexibility index (Phi) is 5.32. The van der Waals surface area contributed by atoms with Gasteiger partial charge in [0.05, 0.1) is 22.8 Å². The second-order valence-corrected chi connectivity index (χ2v) is 5.97. The van der Waals surface area contributed by atoms with E-state index in [1.54, 1.807) is 7.11 Å². The molecular weight excluding hydrogens is 270 g/mol. The highest BCUT2D eigenvalue weighted by Gasteiger charge is 2.17. The molecule has 4 heteroatoms. The third kappa shape index (κ3) is 3.46. The normalized spacial score (nSPS) is 13.7. The summed E-state index contributed by atoms with van der Waals surface area (Å²) in [5, 5.41) is 0. The lowest BCUT2D eigenvalue weighted by Crippen LogP contribution is -2.19. The molecule has 0 spiro atoms. The molecule has 106 valence electrons. The van der Waals surface area contributed by atoms with E-state index < -0.39 is 10.8 Å².